The maximum Gasteiger partial charge on any atom is 0.407 e. The molecule has 3 aromatic rings. The molecule has 8 nitrogen and oxygen atoms in total. The molecule has 0 bridgehead atoms. The smallest absolute Gasteiger partial charge is 0.407 e. The molecular weight excluding hydrogens is 530 g/mol. The highest BCUT2D eigenvalue weighted by molar-refractivity contribution is 5.88. The first-order chi connectivity index (χ1) is 20.4. The maximum atomic E-state index is 13.3. The quantitative estimate of drug-likeness (QED) is 0.321. The highest BCUT2D eigenvalue weighted by atomic mass is 16.5. The number of ether oxygens (including phenoxy) is 1. The number of carboxylic acid groups (broad SMARTS) is 1. The lowest BCUT2D eigenvalue weighted by Crippen LogP contribution is -2.57. The second-order valence-corrected chi connectivity index (χ2v) is 11.9. The van der Waals surface area contributed by atoms with Gasteiger partial charge in [-0.25, -0.2) is 9.59 Å². The van der Waals surface area contributed by atoms with Gasteiger partial charge in [0.25, 0.3) is 0 Å². The number of carbonyl (C=O) groups is 3. The van der Waals surface area contributed by atoms with Gasteiger partial charge in [-0.3, -0.25) is 9.69 Å². The first-order valence-electron chi connectivity index (χ1n) is 14.8. The van der Waals surface area contributed by atoms with Crippen LogP contribution in [-0.4, -0.2) is 59.3 Å². The fourth-order valence-corrected chi connectivity index (χ4v) is 6.68. The summed E-state index contributed by atoms with van der Waals surface area (Å²) in [5.41, 5.74) is 4.35. The van der Waals surface area contributed by atoms with Crippen LogP contribution in [0, 0.1) is 5.92 Å². The first kappa shape index (κ1) is 28.0. The Morgan fingerprint density at radius 1 is 0.929 bits per heavy atom. The fourth-order valence-electron chi connectivity index (χ4n) is 6.68. The van der Waals surface area contributed by atoms with Gasteiger partial charge in [-0.15, -0.1) is 0 Å². The molecule has 0 aromatic heterocycles. The molecule has 2 atom stereocenters. The standard InChI is InChI=1S/C34H37N3O5/c38-31(36-34(32(39)40)17-18-37(22-34)20-23-9-2-1-3-10-23)19-30(24-11-8-12-24)35-33(41)42-21-29-27-15-6-4-13-25(27)26-14-5-7-16-28(26)29/h1-7,9-10,13-16,24,29-30H,8,11-12,17-22H2,(H,35,41)(H,36,38)(H,39,40). The van der Waals surface area contributed by atoms with Crippen LogP contribution in [0.3, 0.4) is 0 Å². The molecule has 2 fully saturated rings. The second kappa shape index (κ2) is 12.0. The minimum Gasteiger partial charge on any atom is -0.479 e. The molecule has 218 valence electrons. The zero-order valence-electron chi connectivity index (χ0n) is 23.6. The van der Waals surface area contributed by atoms with Crippen molar-refractivity contribution < 1.29 is 24.2 Å². The Labute approximate surface area is 246 Å². The van der Waals surface area contributed by atoms with Crippen molar-refractivity contribution in [2.45, 2.75) is 56.1 Å². The summed E-state index contributed by atoms with van der Waals surface area (Å²) in [7, 11) is 0. The van der Waals surface area contributed by atoms with Crippen LogP contribution in [0.4, 0.5) is 4.79 Å². The van der Waals surface area contributed by atoms with E-state index in [9.17, 15) is 19.5 Å². The van der Waals surface area contributed by atoms with E-state index >= 15 is 0 Å². The molecule has 6 rings (SSSR count). The molecule has 1 aliphatic heterocycles. The van der Waals surface area contributed by atoms with Crippen LogP contribution in [0.2, 0.25) is 0 Å². The van der Waals surface area contributed by atoms with Gasteiger partial charge in [-0.05, 0) is 53.0 Å². The molecule has 2 aliphatic carbocycles. The molecule has 3 aromatic carbocycles. The average Bonchev–Trinajstić information content (AvgIpc) is 3.51. The molecule has 2 amide bonds. The van der Waals surface area contributed by atoms with Crippen LogP contribution in [0.5, 0.6) is 0 Å². The number of amides is 2. The Morgan fingerprint density at radius 2 is 1.57 bits per heavy atom. The van der Waals surface area contributed by atoms with E-state index < -0.39 is 23.6 Å². The van der Waals surface area contributed by atoms with Crippen molar-refractivity contribution in [3.8, 4) is 11.1 Å². The van der Waals surface area contributed by atoms with Crippen LogP contribution in [0.1, 0.15) is 54.7 Å². The van der Waals surface area contributed by atoms with Gasteiger partial charge < -0.3 is 20.5 Å². The fraction of sp³-hybridized carbons (Fsp3) is 0.382. The number of hydrogen-bond donors (Lipinski definition) is 3. The number of likely N-dealkylation sites (tertiary alicyclic amines) is 1. The number of hydrogen-bond acceptors (Lipinski definition) is 5. The molecule has 2 unspecified atom stereocenters. The van der Waals surface area contributed by atoms with E-state index in [1.54, 1.807) is 0 Å². The van der Waals surface area contributed by atoms with E-state index in [0.717, 1.165) is 47.1 Å². The van der Waals surface area contributed by atoms with Crippen molar-refractivity contribution in [2.24, 2.45) is 5.92 Å². The number of rotatable bonds is 10. The summed E-state index contributed by atoms with van der Waals surface area (Å²) in [5, 5.41) is 15.9. The van der Waals surface area contributed by atoms with Crippen LogP contribution in [-0.2, 0) is 20.9 Å². The molecule has 3 N–H and O–H groups in total. The summed E-state index contributed by atoms with van der Waals surface area (Å²) < 4.78 is 5.75. The summed E-state index contributed by atoms with van der Waals surface area (Å²) in [5.74, 6) is -1.29. The molecule has 1 heterocycles. The highest BCUT2D eigenvalue weighted by Crippen LogP contribution is 2.44. The Bertz CT molecular complexity index is 1410. The largest absolute Gasteiger partial charge is 0.479 e. The molecule has 1 saturated heterocycles. The number of aliphatic carboxylic acids is 1. The third kappa shape index (κ3) is 5.77. The van der Waals surface area contributed by atoms with Crippen molar-refractivity contribution in [3.63, 3.8) is 0 Å². The zero-order chi connectivity index (χ0) is 29.1. The van der Waals surface area contributed by atoms with Gasteiger partial charge in [0.05, 0.1) is 0 Å². The normalized spacial score (nSPS) is 20.7. The van der Waals surface area contributed by atoms with Crippen LogP contribution in [0.25, 0.3) is 11.1 Å². The van der Waals surface area contributed by atoms with Crippen LogP contribution >= 0.6 is 0 Å². The van der Waals surface area contributed by atoms with E-state index in [1.165, 1.54) is 0 Å². The predicted octanol–water partition coefficient (Wildman–Crippen LogP) is 4.93. The predicted molar refractivity (Wildman–Crippen MR) is 159 cm³/mol. The van der Waals surface area contributed by atoms with Crippen LogP contribution in [0.15, 0.2) is 78.9 Å². The van der Waals surface area contributed by atoms with E-state index in [2.05, 4.69) is 39.8 Å². The minimum absolute atomic E-state index is 0.0164. The molecule has 42 heavy (non-hydrogen) atoms. The Hall–Kier alpha value is -4.17. The summed E-state index contributed by atoms with van der Waals surface area (Å²) in [6.07, 6.45) is 2.66. The van der Waals surface area contributed by atoms with Crippen molar-refractivity contribution in [1.82, 2.24) is 15.5 Å². The summed E-state index contributed by atoms with van der Waals surface area (Å²) in [6.45, 7) is 1.63. The van der Waals surface area contributed by atoms with Crippen molar-refractivity contribution in [3.05, 3.63) is 95.6 Å². The lowest BCUT2D eigenvalue weighted by molar-refractivity contribution is -0.147. The van der Waals surface area contributed by atoms with Crippen molar-refractivity contribution in [1.29, 1.82) is 0 Å². The topological polar surface area (TPSA) is 108 Å². The zero-order valence-corrected chi connectivity index (χ0v) is 23.6. The summed E-state index contributed by atoms with van der Waals surface area (Å²) >= 11 is 0. The third-order valence-electron chi connectivity index (χ3n) is 9.16. The van der Waals surface area contributed by atoms with Crippen molar-refractivity contribution >= 4 is 18.0 Å². The monoisotopic (exact) mass is 567 g/mol. The third-order valence-corrected chi connectivity index (χ3v) is 9.16. The number of alkyl carbamates (subject to hydrolysis) is 1. The summed E-state index contributed by atoms with van der Waals surface area (Å²) in [6, 6.07) is 25.8. The number of carboxylic acids is 1. The number of carbonyl (C=O) groups excluding carboxylic acids is 2. The van der Waals surface area contributed by atoms with Gasteiger partial charge in [-0.2, -0.15) is 0 Å². The van der Waals surface area contributed by atoms with Gasteiger partial charge in [-0.1, -0.05) is 85.3 Å². The molecular formula is C34H37N3O5. The lowest BCUT2D eigenvalue weighted by Gasteiger charge is -2.34. The SMILES string of the molecule is O=C(CC(NC(=O)OCC1c2ccccc2-c2ccccc21)C1CCC1)NC1(C(=O)O)CCN(Cc2ccccc2)C1. The van der Waals surface area contributed by atoms with E-state index in [0.29, 0.717) is 19.5 Å². The van der Waals surface area contributed by atoms with Crippen LogP contribution < -0.4 is 10.6 Å². The first-order valence-corrected chi connectivity index (χ1v) is 14.8. The molecule has 8 heteroatoms. The van der Waals surface area contributed by atoms with Gasteiger partial charge in [0.15, 0.2) is 5.54 Å². The number of fused-ring (bicyclic) bond motifs is 3. The average molecular weight is 568 g/mol. The lowest BCUT2D eigenvalue weighted by atomic mass is 9.78. The van der Waals surface area contributed by atoms with Gasteiger partial charge in [0, 0.05) is 38.0 Å². The van der Waals surface area contributed by atoms with Crippen molar-refractivity contribution in [2.75, 3.05) is 19.7 Å². The number of benzene rings is 3. The van der Waals surface area contributed by atoms with Gasteiger partial charge in [0.2, 0.25) is 5.91 Å². The van der Waals surface area contributed by atoms with E-state index in [1.807, 2.05) is 54.6 Å². The van der Waals surface area contributed by atoms with Gasteiger partial charge >= 0.3 is 12.1 Å². The molecule has 0 radical (unpaired) electrons. The molecule has 1 saturated carbocycles. The number of nitrogens with zero attached hydrogens (tertiary/aromatic N) is 1. The maximum absolute atomic E-state index is 13.3. The number of nitrogens with one attached hydrogen (secondary N) is 2. The Morgan fingerprint density at radius 3 is 2.19 bits per heavy atom. The molecule has 3 aliphatic rings. The van der Waals surface area contributed by atoms with E-state index in [4.69, 9.17) is 4.74 Å². The Balaban J connectivity index is 1.07. The minimum atomic E-state index is -1.35. The van der Waals surface area contributed by atoms with E-state index in [-0.39, 0.29) is 37.3 Å². The Kier molecular flexibility index (Phi) is 7.98. The highest BCUT2D eigenvalue weighted by Gasteiger charge is 2.46. The second-order valence-electron chi connectivity index (χ2n) is 11.9. The molecule has 0 spiro atoms. The van der Waals surface area contributed by atoms with Gasteiger partial charge in [0.1, 0.15) is 6.61 Å². The summed E-state index contributed by atoms with van der Waals surface area (Å²) in [4.78, 5) is 40.7.